The minimum Gasteiger partial charge on any atom is -0.352 e. The molecule has 3 aromatic carbocycles. The van der Waals surface area contributed by atoms with Crippen LogP contribution in [0.1, 0.15) is 52.3 Å². The summed E-state index contributed by atoms with van der Waals surface area (Å²) >= 11 is 5.91. The van der Waals surface area contributed by atoms with Crippen molar-refractivity contribution >= 4 is 39.7 Å². The molecule has 1 fully saturated rings. The third kappa shape index (κ3) is 5.05. The summed E-state index contributed by atoms with van der Waals surface area (Å²) in [7, 11) is 0. The Hall–Kier alpha value is -4.49. The molecule has 42 heavy (non-hydrogen) atoms. The minimum atomic E-state index is -0.147. The summed E-state index contributed by atoms with van der Waals surface area (Å²) in [6.45, 7) is 9.12. The van der Waals surface area contributed by atoms with E-state index in [-0.39, 0.29) is 18.0 Å². The van der Waals surface area contributed by atoms with E-state index in [2.05, 4.69) is 84.2 Å². The van der Waals surface area contributed by atoms with E-state index in [1.165, 1.54) is 22.4 Å². The van der Waals surface area contributed by atoms with Crippen molar-refractivity contribution in [2.45, 2.75) is 46.2 Å². The van der Waals surface area contributed by atoms with Crippen LogP contribution >= 0.6 is 12.2 Å². The molecule has 0 aliphatic carbocycles. The predicted molar refractivity (Wildman–Crippen MR) is 174 cm³/mol. The maximum absolute atomic E-state index is 13.3. The number of carbonyl (C=O) groups is 1. The average molecular weight is 574 g/mol. The van der Waals surface area contributed by atoms with Gasteiger partial charge in [-0.15, -0.1) is 0 Å². The van der Waals surface area contributed by atoms with Crippen LogP contribution in [0.25, 0.3) is 16.5 Å². The zero-order valence-electron chi connectivity index (χ0n) is 24.4. The summed E-state index contributed by atoms with van der Waals surface area (Å²) in [5.74, 6) is -0.0461. The Morgan fingerprint density at radius 1 is 0.929 bits per heavy atom. The van der Waals surface area contributed by atoms with Crippen molar-refractivity contribution in [2.24, 2.45) is 0 Å². The van der Waals surface area contributed by atoms with Crippen LogP contribution in [0, 0.1) is 27.7 Å². The van der Waals surface area contributed by atoms with Crippen LogP contribution in [-0.2, 0) is 4.79 Å². The average Bonchev–Trinajstić information content (AvgIpc) is 3.47. The van der Waals surface area contributed by atoms with E-state index in [0.717, 1.165) is 33.5 Å². The standard InChI is InChI=1S/C35H35N5OS/c1-22-11-9-12-23(2)33(22)40-24(3)21-28(25(40)4)34-32(30-16-7-8-19-36-30)38-35(42)39(34)20-18-31(41)37-29-17-10-14-26-13-5-6-15-27(26)29/h5-17,19,21,32,34H,18,20H2,1-4H3,(H,37,41)(H,38,42). The van der Waals surface area contributed by atoms with Gasteiger partial charge < -0.3 is 20.1 Å². The molecule has 2 atom stereocenters. The zero-order valence-corrected chi connectivity index (χ0v) is 25.2. The fourth-order valence-corrected chi connectivity index (χ4v) is 6.68. The third-order valence-corrected chi connectivity index (χ3v) is 8.65. The van der Waals surface area contributed by atoms with E-state index in [1.807, 2.05) is 54.7 Å². The highest BCUT2D eigenvalue weighted by atomic mass is 32.1. The van der Waals surface area contributed by atoms with Gasteiger partial charge >= 0.3 is 0 Å². The Morgan fingerprint density at radius 3 is 2.40 bits per heavy atom. The van der Waals surface area contributed by atoms with Crippen LogP contribution in [0.3, 0.4) is 0 Å². The number of anilines is 1. The molecule has 3 heterocycles. The van der Waals surface area contributed by atoms with Gasteiger partial charge in [0.1, 0.15) is 0 Å². The molecule has 6 rings (SSSR count). The molecule has 6 nitrogen and oxygen atoms in total. The number of aryl methyl sites for hydroxylation is 3. The van der Waals surface area contributed by atoms with Crippen LogP contribution < -0.4 is 10.6 Å². The van der Waals surface area contributed by atoms with Gasteiger partial charge in [0.25, 0.3) is 0 Å². The number of benzene rings is 3. The van der Waals surface area contributed by atoms with Gasteiger partial charge in [-0.1, -0.05) is 60.7 Å². The first-order chi connectivity index (χ1) is 20.3. The van der Waals surface area contributed by atoms with Crippen molar-refractivity contribution in [3.8, 4) is 5.69 Å². The fourth-order valence-electron chi connectivity index (χ4n) is 6.34. The second-order valence-corrected chi connectivity index (χ2v) is 11.4. The highest BCUT2D eigenvalue weighted by molar-refractivity contribution is 7.80. The van der Waals surface area contributed by atoms with Gasteiger partial charge in [0, 0.05) is 41.6 Å². The Bertz CT molecular complexity index is 1770. The number of pyridine rings is 1. The highest BCUT2D eigenvalue weighted by Gasteiger charge is 2.41. The SMILES string of the molecule is Cc1cccc(C)c1-n1c(C)cc(C2C(c3ccccn3)NC(=S)N2CCC(=O)Nc2cccc3ccccc23)c1C. The van der Waals surface area contributed by atoms with Crippen LogP contribution in [0.4, 0.5) is 5.69 Å². The number of carbonyl (C=O) groups excluding carboxylic acids is 1. The summed E-state index contributed by atoms with van der Waals surface area (Å²) in [4.78, 5) is 20.1. The first kappa shape index (κ1) is 27.7. The number of thiocarbonyl (C=S) groups is 1. The van der Waals surface area contributed by atoms with Crippen molar-refractivity contribution in [3.63, 3.8) is 0 Å². The lowest BCUT2D eigenvalue weighted by Crippen LogP contribution is -2.33. The smallest absolute Gasteiger partial charge is 0.226 e. The molecule has 0 bridgehead atoms. The Kier molecular flexibility index (Phi) is 7.52. The molecule has 7 heteroatoms. The molecule has 1 aliphatic heterocycles. The lowest BCUT2D eigenvalue weighted by atomic mass is 9.96. The first-order valence-electron chi connectivity index (χ1n) is 14.3. The Morgan fingerprint density at radius 2 is 1.64 bits per heavy atom. The molecule has 2 N–H and O–H groups in total. The fraction of sp³-hybridized carbons (Fsp3) is 0.229. The number of nitrogens with one attached hydrogen (secondary N) is 2. The van der Waals surface area contributed by atoms with Crippen LogP contribution in [-0.4, -0.2) is 32.0 Å². The molecule has 0 spiro atoms. The summed E-state index contributed by atoms with van der Waals surface area (Å²) in [6.07, 6.45) is 2.11. The van der Waals surface area contributed by atoms with E-state index < -0.39 is 0 Å². The van der Waals surface area contributed by atoms with Crippen LogP contribution in [0.15, 0.2) is 91.1 Å². The number of rotatable bonds is 7. The number of hydrogen-bond donors (Lipinski definition) is 2. The minimum absolute atomic E-state index is 0.0461. The molecule has 2 aromatic heterocycles. The summed E-state index contributed by atoms with van der Waals surface area (Å²) in [5, 5.41) is 9.42. The van der Waals surface area contributed by atoms with Gasteiger partial charge in [-0.3, -0.25) is 9.78 Å². The lowest BCUT2D eigenvalue weighted by molar-refractivity contribution is -0.116. The van der Waals surface area contributed by atoms with Gasteiger partial charge in [-0.2, -0.15) is 0 Å². The normalized spacial score (nSPS) is 16.6. The Balaban J connectivity index is 1.33. The topological polar surface area (TPSA) is 62.2 Å². The van der Waals surface area contributed by atoms with Gasteiger partial charge in [0.15, 0.2) is 5.11 Å². The van der Waals surface area contributed by atoms with E-state index in [4.69, 9.17) is 17.2 Å². The van der Waals surface area contributed by atoms with Crippen molar-refractivity contribution < 1.29 is 4.79 Å². The molecule has 1 aliphatic rings. The zero-order chi connectivity index (χ0) is 29.4. The second-order valence-electron chi connectivity index (χ2n) is 11.0. The lowest BCUT2D eigenvalue weighted by Gasteiger charge is -2.28. The van der Waals surface area contributed by atoms with Crippen molar-refractivity contribution in [1.29, 1.82) is 0 Å². The van der Waals surface area contributed by atoms with Gasteiger partial charge in [0.05, 0.1) is 23.5 Å². The summed E-state index contributed by atoms with van der Waals surface area (Å²) in [6, 6.07) is 28.4. The molecule has 0 radical (unpaired) electrons. The molecular weight excluding hydrogens is 538 g/mol. The predicted octanol–water partition coefficient (Wildman–Crippen LogP) is 7.26. The van der Waals surface area contributed by atoms with Crippen LogP contribution in [0.5, 0.6) is 0 Å². The maximum Gasteiger partial charge on any atom is 0.226 e. The van der Waals surface area contributed by atoms with E-state index in [9.17, 15) is 4.79 Å². The molecule has 1 amide bonds. The van der Waals surface area contributed by atoms with E-state index in [0.29, 0.717) is 18.1 Å². The largest absolute Gasteiger partial charge is 0.352 e. The van der Waals surface area contributed by atoms with Crippen molar-refractivity contribution in [3.05, 3.63) is 125 Å². The molecule has 0 saturated carbocycles. The van der Waals surface area contributed by atoms with Crippen molar-refractivity contribution in [1.82, 2.24) is 19.8 Å². The molecule has 212 valence electrons. The van der Waals surface area contributed by atoms with Crippen molar-refractivity contribution in [2.75, 3.05) is 11.9 Å². The highest BCUT2D eigenvalue weighted by Crippen LogP contribution is 2.42. The summed E-state index contributed by atoms with van der Waals surface area (Å²) in [5.41, 5.74) is 8.90. The molecular formula is C35H35N5OS. The molecule has 5 aromatic rings. The number of fused-ring (bicyclic) bond motifs is 1. The quantitative estimate of drug-likeness (QED) is 0.201. The number of para-hydroxylation sites is 1. The van der Waals surface area contributed by atoms with Gasteiger partial charge in [-0.05, 0) is 86.3 Å². The number of amides is 1. The third-order valence-electron chi connectivity index (χ3n) is 8.29. The number of aromatic nitrogens is 2. The molecule has 2 unspecified atom stereocenters. The van der Waals surface area contributed by atoms with E-state index in [1.54, 1.807) is 0 Å². The monoisotopic (exact) mass is 573 g/mol. The van der Waals surface area contributed by atoms with Crippen LogP contribution in [0.2, 0.25) is 0 Å². The van der Waals surface area contributed by atoms with Gasteiger partial charge in [-0.25, -0.2) is 0 Å². The number of nitrogens with zero attached hydrogens (tertiary/aromatic N) is 3. The molecule has 1 saturated heterocycles. The van der Waals surface area contributed by atoms with Gasteiger partial charge in [0.2, 0.25) is 5.91 Å². The maximum atomic E-state index is 13.3. The second kappa shape index (κ2) is 11.4. The summed E-state index contributed by atoms with van der Waals surface area (Å²) < 4.78 is 2.35. The number of hydrogen-bond acceptors (Lipinski definition) is 3. The van der Waals surface area contributed by atoms with E-state index >= 15 is 0 Å². The Labute approximate surface area is 252 Å². The first-order valence-corrected chi connectivity index (χ1v) is 14.8.